The summed E-state index contributed by atoms with van der Waals surface area (Å²) >= 11 is 5.28. The molecule has 80 valence electrons. The van der Waals surface area contributed by atoms with Crippen LogP contribution in [-0.4, -0.2) is 12.8 Å². The Bertz CT molecular complexity index is 393. The number of anilines is 1. The Hall–Kier alpha value is 0.646. The van der Waals surface area contributed by atoms with Gasteiger partial charge >= 0.3 is 51.4 Å². The van der Waals surface area contributed by atoms with Crippen molar-refractivity contribution < 1.29 is 55.8 Å². The third kappa shape index (κ3) is 4.49. The molecule has 1 N–H and O–H groups in total. The van der Waals surface area contributed by atoms with Gasteiger partial charge in [-0.15, -0.1) is 11.8 Å². The second kappa shape index (κ2) is 8.70. The van der Waals surface area contributed by atoms with Crippen LogP contribution in [-0.2, 0) is 19.0 Å². The fourth-order valence-electron chi connectivity index (χ4n) is 1.47. The molecule has 0 fully saturated rings. The van der Waals surface area contributed by atoms with E-state index < -0.39 is 0 Å². The summed E-state index contributed by atoms with van der Waals surface area (Å²) in [6.07, 6.45) is 2.91. The Kier molecular flexibility index (Phi) is 9.05. The molecule has 2 rings (SSSR count). The van der Waals surface area contributed by atoms with Gasteiger partial charge < -0.3 is 17.9 Å². The van der Waals surface area contributed by atoms with Gasteiger partial charge in [-0.2, -0.15) is 0 Å². The number of hydrogen-bond acceptors (Lipinski definition) is 4. The Labute approximate surface area is 147 Å². The van der Waals surface area contributed by atoms with Crippen LogP contribution in [0.2, 0.25) is 0 Å². The van der Waals surface area contributed by atoms with E-state index in [0.29, 0.717) is 5.69 Å². The SMILES string of the molecule is CSc1cc(F)c2c(c1)CCN2.N#C[S-].[K+]. The van der Waals surface area contributed by atoms with E-state index in [0.717, 1.165) is 23.4 Å². The van der Waals surface area contributed by atoms with Crippen molar-refractivity contribution in [3.05, 3.63) is 23.5 Å². The van der Waals surface area contributed by atoms with Gasteiger partial charge in [0.2, 0.25) is 0 Å². The molecule has 0 amide bonds. The van der Waals surface area contributed by atoms with Crippen LogP contribution >= 0.6 is 11.8 Å². The van der Waals surface area contributed by atoms with Gasteiger partial charge in [0.25, 0.3) is 0 Å². The molecule has 2 nitrogen and oxygen atoms in total. The van der Waals surface area contributed by atoms with Crippen LogP contribution in [0.3, 0.4) is 0 Å². The molecule has 1 aromatic rings. The van der Waals surface area contributed by atoms with Crippen LogP contribution in [0.4, 0.5) is 10.1 Å². The van der Waals surface area contributed by atoms with Crippen LogP contribution in [0.5, 0.6) is 0 Å². The van der Waals surface area contributed by atoms with Gasteiger partial charge in [0, 0.05) is 11.4 Å². The van der Waals surface area contributed by atoms with Gasteiger partial charge in [-0.3, -0.25) is 0 Å². The van der Waals surface area contributed by atoms with Crippen LogP contribution in [0.25, 0.3) is 0 Å². The number of hydrogen-bond donors (Lipinski definition) is 1. The maximum absolute atomic E-state index is 13.3. The van der Waals surface area contributed by atoms with Crippen molar-refractivity contribution in [2.45, 2.75) is 11.3 Å². The van der Waals surface area contributed by atoms with Gasteiger partial charge in [-0.05, 0) is 30.4 Å². The zero-order valence-corrected chi connectivity index (χ0v) is 14.0. The van der Waals surface area contributed by atoms with E-state index in [2.05, 4.69) is 24.0 Å². The molecular formula is C10H10FKN2S2. The van der Waals surface area contributed by atoms with Gasteiger partial charge in [0.05, 0.1) is 5.69 Å². The van der Waals surface area contributed by atoms with Crippen molar-refractivity contribution in [1.82, 2.24) is 0 Å². The average Bonchev–Trinajstić information content (AvgIpc) is 2.67. The Morgan fingerprint density at radius 1 is 1.56 bits per heavy atom. The topological polar surface area (TPSA) is 35.8 Å². The normalized spacial score (nSPS) is 11.1. The van der Waals surface area contributed by atoms with E-state index in [1.54, 1.807) is 17.8 Å². The van der Waals surface area contributed by atoms with Gasteiger partial charge in [-0.25, -0.2) is 9.65 Å². The third-order valence-electron chi connectivity index (χ3n) is 2.08. The maximum atomic E-state index is 13.3. The summed E-state index contributed by atoms with van der Waals surface area (Å²) in [6, 6.07) is 3.64. The van der Waals surface area contributed by atoms with E-state index in [-0.39, 0.29) is 57.2 Å². The molecule has 0 aliphatic carbocycles. The third-order valence-corrected chi connectivity index (χ3v) is 2.78. The predicted octanol–water partition coefficient (Wildman–Crippen LogP) is -0.466. The number of thioether (sulfide) groups is 1. The molecule has 0 atom stereocenters. The largest absolute Gasteiger partial charge is 1.00 e. The first kappa shape index (κ1) is 16.6. The number of nitrogens with one attached hydrogen (secondary N) is 1. The minimum Gasteiger partial charge on any atom is -0.696 e. The number of nitriles is 1. The number of nitrogens with zero attached hydrogens (tertiary/aromatic N) is 1. The Morgan fingerprint density at radius 2 is 2.19 bits per heavy atom. The maximum Gasteiger partial charge on any atom is 1.00 e. The first-order chi connectivity index (χ1) is 7.22. The average molecular weight is 280 g/mol. The number of thiocyanates is 1. The molecular weight excluding hydrogens is 270 g/mol. The summed E-state index contributed by atoms with van der Waals surface area (Å²) in [6.45, 7) is 0.865. The zero-order chi connectivity index (χ0) is 11.3. The van der Waals surface area contributed by atoms with Gasteiger partial charge in [0.1, 0.15) is 5.82 Å². The summed E-state index contributed by atoms with van der Waals surface area (Å²) < 4.78 is 13.3. The van der Waals surface area contributed by atoms with E-state index in [4.69, 9.17) is 5.26 Å². The summed E-state index contributed by atoms with van der Waals surface area (Å²) in [7, 11) is 0. The Balaban J connectivity index is 0.000000511. The van der Waals surface area contributed by atoms with Crippen LogP contribution in [0.1, 0.15) is 5.56 Å². The molecule has 0 saturated heterocycles. The summed E-state index contributed by atoms with van der Waals surface area (Å²) in [5.74, 6) is -0.116. The number of halogens is 1. The van der Waals surface area contributed by atoms with Crippen molar-refractivity contribution in [2.24, 2.45) is 0 Å². The van der Waals surface area contributed by atoms with Gasteiger partial charge in [0.15, 0.2) is 0 Å². The summed E-state index contributed by atoms with van der Waals surface area (Å²) in [5.41, 5.74) is 1.81. The first-order valence-corrected chi connectivity index (χ1v) is 5.97. The first-order valence-electron chi connectivity index (χ1n) is 4.34. The van der Waals surface area contributed by atoms with E-state index in [1.807, 2.05) is 6.26 Å². The molecule has 0 aromatic heterocycles. The fourth-order valence-corrected chi connectivity index (χ4v) is 1.95. The van der Waals surface area contributed by atoms with E-state index >= 15 is 0 Å². The minimum atomic E-state index is -0.116. The summed E-state index contributed by atoms with van der Waals surface area (Å²) in [5, 5.41) is 11.5. The summed E-state index contributed by atoms with van der Waals surface area (Å²) in [4.78, 5) is 1.01. The second-order valence-corrected chi connectivity index (χ2v) is 3.97. The fraction of sp³-hybridized carbons (Fsp3) is 0.300. The Morgan fingerprint density at radius 3 is 2.75 bits per heavy atom. The molecule has 0 saturated carbocycles. The van der Waals surface area contributed by atoms with Crippen LogP contribution < -0.4 is 56.7 Å². The molecule has 0 spiro atoms. The van der Waals surface area contributed by atoms with Crippen molar-refractivity contribution in [3.63, 3.8) is 0 Å². The molecule has 0 unspecified atom stereocenters. The zero-order valence-electron chi connectivity index (χ0n) is 9.21. The number of rotatable bonds is 1. The molecule has 1 aromatic carbocycles. The van der Waals surface area contributed by atoms with Crippen molar-refractivity contribution in [1.29, 1.82) is 5.26 Å². The number of fused-ring (bicyclic) bond motifs is 1. The molecule has 0 radical (unpaired) electrons. The van der Waals surface area contributed by atoms with Crippen LogP contribution in [0, 0.1) is 16.5 Å². The minimum absolute atomic E-state index is 0. The van der Waals surface area contributed by atoms with Crippen molar-refractivity contribution in [3.8, 4) is 5.40 Å². The molecule has 16 heavy (non-hydrogen) atoms. The molecule has 0 bridgehead atoms. The van der Waals surface area contributed by atoms with Crippen molar-refractivity contribution in [2.75, 3.05) is 18.1 Å². The quantitative estimate of drug-likeness (QED) is 0.327. The molecule has 1 aliphatic heterocycles. The smallest absolute Gasteiger partial charge is 0.696 e. The standard InChI is InChI=1S/C9H10FNS.CHNS.K/c1-12-7-4-6-2-3-11-9(6)8(10)5-7;2-1-3;/h4-5,11H,2-3H2,1H3;3H;/q;;+1/p-1. The van der Waals surface area contributed by atoms with Crippen molar-refractivity contribution >= 4 is 30.1 Å². The van der Waals surface area contributed by atoms with Crippen LogP contribution in [0.15, 0.2) is 17.0 Å². The number of benzene rings is 1. The van der Waals surface area contributed by atoms with E-state index in [1.165, 1.54) is 5.40 Å². The van der Waals surface area contributed by atoms with Gasteiger partial charge in [-0.1, -0.05) is 5.40 Å². The molecule has 1 aliphatic rings. The van der Waals surface area contributed by atoms with E-state index in [9.17, 15) is 4.39 Å². The predicted molar refractivity (Wildman–Crippen MR) is 63.4 cm³/mol. The second-order valence-electron chi connectivity index (χ2n) is 2.91. The molecule has 6 heteroatoms. The monoisotopic (exact) mass is 280 g/mol. The molecule has 1 heterocycles.